The molecule has 0 heterocycles. The Bertz CT molecular complexity index is 579. The lowest BCUT2D eigenvalue weighted by molar-refractivity contribution is -0.137. The van der Waals surface area contributed by atoms with Gasteiger partial charge in [0.05, 0.1) is 6.04 Å². The fourth-order valence-electron chi connectivity index (χ4n) is 3.46. The molecular weight excluding hydrogens is 314 g/mol. The van der Waals surface area contributed by atoms with Gasteiger partial charge in [-0.15, -0.1) is 0 Å². The molecule has 5 heteroatoms. The van der Waals surface area contributed by atoms with Crippen LogP contribution in [0.3, 0.4) is 0 Å². The second-order valence-corrected chi connectivity index (χ2v) is 7.11. The number of amides is 2. The van der Waals surface area contributed by atoms with Gasteiger partial charge < -0.3 is 10.2 Å². The van der Waals surface area contributed by atoms with E-state index in [2.05, 4.69) is 10.2 Å². The summed E-state index contributed by atoms with van der Waals surface area (Å²) in [4.78, 5) is 28.4. The second-order valence-electron chi connectivity index (χ2n) is 7.11. The van der Waals surface area contributed by atoms with E-state index in [1.54, 1.807) is 7.05 Å². The molecule has 2 amide bonds. The molecule has 0 spiro atoms. The van der Waals surface area contributed by atoms with E-state index < -0.39 is 0 Å². The lowest BCUT2D eigenvalue weighted by Gasteiger charge is -2.35. The van der Waals surface area contributed by atoms with E-state index in [0.29, 0.717) is 18.2 Å². The molecule has 1 saturated carbocycles. The molecule has 1 aliphatic carbocycles. The molecule has 1 N–H and O–H groups in total. The number of nitrogens with one attached hydrogen (secondary N) is 1. The molecule has 1 atom stereocenters. The van der Waals surface area contributed by atoms with Crippen molar-refractivity contribution >= 4 is 11.8 Å². The molecule has 1 aromatic carbocycles. The smallest absolute Gasteiger partial charge is 0.251 e. The van der Waals surface area contributed by atoms with Crippen molar-refractivity contribution in [1.29, 1.82) is 0 Å². The first-order chi connectivity index (χ1) is 11.9. The van der Waals surface area contributed by atoms with Crippen molar-refractivity contribution in [3.05, 3.63) is 35.4 Å². The van der Waals surface area contributed by atoms with Gasteiger partial charge in [-0.25, -0.2) is 0 Å². The van der Waals surface area contributed by atoms with Gasteiger partial charge in [0, 0.05) is 32.2 Å². The maximum absolute atomic E-state index is 12.8. The summed E-state index contributed by atoms with van der Waals surface area (Å²) in [6.07, 6.45) is 5.99. The van der Waals surface area contributed by atoms with Gasteiger partial charge in [-0.1, -0.05) is 31.4 Å². The third-order valence-electron chi connectivity index (χ3n) is 5.36. The first kappa shape index (κ1) is 19.4. The molecular formula is C20H31N3O2. The summed E-state index contributed by atoms with van der Waals surface area (Å²) >= 11 is 0. The van der Waals surface area contributed by atoms with E-state index in [1.807, 2.05) is 50.2 Å². The highest BCUT2D eigenvalue weighted by atomic mass is 16.2. The summed E-state index contributed by atoms with van der Waals surface area (Å²) in [6, 6.07) is 7.77. The Hall–Kier alpha value is -1.88. The molecule has 0 bridgehead atoms. The van der Waals surface area contributed by atoms with Gasteiger partial charge in [0.2, 0.25) is 5.91 Å². The Labute approximate surface area is 151 Å². The molecule has 1 fully saturated rings. The Morgan fingerprint density at radius 2 is 1.72 bits per heavy atom. The van der Waals surface area contributed by atoms with Crippen LogP contribution in [0.25, 0.3) is 0 Å². The van der Waals surface area contributed by atoms with E-state index in [4.69, 9.17) is 0 Å². The van der Waals surface area contributed by atoms with Gasteiger partial charge in [-0.2, -0.15) is 0 Å². The molecule has 5 nitrogen and oxygen atoms in total. The lowest BCUT2D eigenvalue weighted by atomic mass is 9.94. The second kappa shape index (κ2) is 8.99. The van der Waals surface area contributed by atoms with Gasteiger partial charge in [0.15, 0.2) is 0 Å². The maximum Gasteiger partial charge on any atom is 0.251 e. The summed E-state index contributed by atoms with van der Waals surface area (Å²) in [6.45, 7) is 2.65. The summed E-state index contributed by atoms with van der Waals surface area (Å²) in [5.41, 5.74) is 1.74. The Morgan fingerprint density at radius 3 is 2.28 bits per heavy atom. The van der Waals surface area contributed by atoms with E-state index in [0.717, 1.165) is 18.4 Å². The van der Waals surface area contributed by atoms with Crippen LogP contribution in [0.2, 0.25) is 0 Å². The number of carbonyl (C=O) groups excluding carboxylic acids is 2. The largest absolute Gasteiger partial charge is 0.355 e. The highest BCUT2D eigenvalue weighted by Gasteiger charge is 2.27. The number of nitrogens with zero attached hydrogens (tertiary/aromatic N) is 2. The van der Waals surface area contributed by atoms with Crippen molar-refractivity contribution in [2.45, 2.75) is 57.7 Å². The number of carbonyl (C=O) groups is 2. The highest BCUT2D eigenvalue weighted by molar-refractivity contribution is 5.93. The van der Waals surface area contributed by atoms with Crippen LogP contribution in [-0.2, 0) is 11.3 Å². The predicted octanol–water partition coefficient (Wildman–Crippen LogP) is 2.66. The monoisotopic (exact) mass is 345 g/mol. The number of likely N-dealkylation sites (N-methyl/N-ethyl adjacent to an activating group) is 2. The first-order valence-corrected chi connectivity index (χ1v) is 9.22. The minimum Gasteiger partial charge on any atom is -0.355 e. The zero-order valence-electron chi connectivity index (χ0n) is 15.9. The standard InChI is InChI=1S/C20H31N3O2/c1-15(20(25)23(4)18-8-6-5-7-9-18)22(3)14-16-10-12-17(13-11-16)19(24)21-2/h10-13,15,18H,5-9,14H2,1-4H3,(H,21,24). The topological polar surface area (TPSA) is 52.7 Å². The van der Waals surface area contributed by atoms with Crippen LogP contribution >= 0.6 is 0 Å². The number of benzene rings is 1. The zero-order valence-corrected chi connectivity index (χ0v) is 15.9. The average molecular weight is 345 g/mol. The maximum atomic E-state index is 12.8. The zero-order chi connectivity index (χ0) is 18.4. The molecule has 1 unspecified atom stereocenters. The van der Waals surface area contributed by atoms with Gasteiger partial charge in [0.25, 0.3) is 5.91 Å². The van der Waals surface area contributed by atoms with Crippen LogP contribution in [0, 0.1) is 0 Å². The summed E-state index contributed by atoms with van der Waals surface area (Å²) in [7, 11) is 5.55. The summed E-state index contributed by atoms with van der Waals surface area (Å²) in [5.74, 6) is 0.105. The molecule has 0 aliphatic heterocycles. The van der Waals surface area contributed by atoms with Crippen LogP contribution in [0.5, 0.6) is 0 Å². The van der Waals surface area contributed by atoms with Crippen LogP contribution in [0.1, 0.15) is 54.9 Å². The van der Waals surface area contributed by atoms with Crippen LogP contribution in [0.15, 0.2) is 24.3 Å². The van der Waals surface area contributed by atoms with E-state index in [-0.39, 0.29) is 17.9 Å². The first-order valence-electron chi connectivity index (χ1n) is 9.22. The molecule has 0 saturated heterocycles. The van der Waals surface area contributed by atoms with E-state index >= 15 is 0 Å². The number of hydrogen-bond donors (Lipinski definition) is 1. The third-order valence-corrected chi connectivity index (χ3v) is 5.36. The van der Waals surface area contributed by atoms with Crippen molar-refractivity contribution in [3.8, 4) is 0 Å². The molecule has 0 radical (unpaired) electrons. The normalized spacial score (nSPS) is 16.5. The fraction of sp³-hybridized carbons (Fsp3) is 0.600. The summed E-state index contributed by atoms with van der Waals surface area (Å²) < 4.78 is 0. The van der Waals surface area contributed by atoms with E-state index in [1.165, 1.54) is 19.3 Å². The van der Waals surface area contributed by atoms with Crippen molar-refractivity contribution in [2.24, 2.45) is 0 Å². The molecule has 1 aromatic rings. The van der Waals surface area contributed by atoms with Crippen molar-refractivity contribution in [2.75, 3.05) is 21.1 Å². The van der Waals surface area contributed by atoms with Gasteiger partial charge in [-0.3, -0.25) is 14.5 Å². The van der Waals surface area contributed by atoms with Crippen LogP contribution < -0.4 is 5.32 Å². The van der Waals surface area contributed by atoms with Gasteiger partial charge >= 0.3 is 0 Å². The Kier molecular flexibility index (Phi) is 7.00. The molecule has 0 aromatic heterocycles. The molecule has 1 aliphatic rings. The minimum atomic E-state index is -0.162. The lowest BCUT2D eigenvalue weighted by Crippen LogP contribution is -2.48. The predicted molar refractivity (Wildman–Crippen MR) is 100 cm³/mol. The summed E-state index contributed by atoms with van der Waals surface area (Å²) in [5, 5.41) is 2.62. The molecule has 2 rings (SSSR count). The Morgan fingerprint density at radius 1 is 1.12 bits per heavy atom. The number of hydrogen-bond acceptors (Lipinski definition) is 3. The van der Waals surface area contributed by atoms with Crippen molar-refractivity contribution in [3.63, 3.8) is 0 Å². The van der Waals surface area contributed by atoms with Crippen LogP contribution in [0.4, 0.5) is 0 Å². The Balaban J connectivity index is 1.93. The quantitative estimate of drug-likeness (QED) is 0.862. The fourth-order valence-corrected chi connectivity index (χ4v) is 3.46. The molecule has 138 valence electrons. The highest BCUT2D eigenvalue weighted by Crippen LogP contribution is 2.22. The molecule has 25 heavy (non-hydrogen) atoms. The SMILES string of the molecule is CNC(=O)c1ccc(CN(C)C(C)C(=O)N(C)C2CCCCC2)cc1. The van der Waals surface area contributed by atoms with Crippen LogP contribution in [-0.4, -0.2) is 54.8 Å². The number of rotatable bonds is 6. The average Bonchev–Trinajstić information content (AvgIpc) is 2.66. The van der Waals surface area contributed by atoms with Crippen molar-refractivity contribution < 1.29 is 9.59 Å². The third kappa shape index (κ3) is 5.05. The van der Waals surface area contributed by atoms with E-state index in [9.17, 15) is 9.59 Å². The van der Waals surface area contributed by atoms with Gasteiger partial charge in [-0.05, 0) is 44.5 Å². The minimum absolute atomic E-state index is 0.0856. The van der Waals surface area contributed by atoms with Crippen molar-refractivity contribution in [1.82, 2.24) is 15.1 Å². The van der Waals surface area contributed by atoms with Gasteiger partial charge in [0.1, 0.15) is 0 Å².